The van der Waals surface area contributed by atoms with Gasteiger partial charge in [0.25, 0.3) is 5.91 Å². The summed E-state index contributed by atoms with van der Waals surface area (Å²) in [7, 11) is 0. The molecule has 132 valence electrons. The molecule has 2 amide bonds. The number of carbonyl (C=O) groups excluding carboxylic acids is 2. The number of hydrogen-bond donors (Lipinski definition) is 3. The lowest BCUT2D eigenvalue weighted by Crippen LogP contribution is -2.51. The van der Waals surface area contributed by atoms with E-state index in [4.69, 9.17) is 9.47 Å². The predicted octanol–water partition coefficient (Wildman–Crippen LogP) is 1.09. The van der Waals surface area contributed by atoms with Crippen LogP contribution in [-0.2, 0) is 16.0 Å². The zero-order valence-corrected chi connectivity index (χ0v) is 13.7. The molecule has 1 aliphatic rings. The summed E-state index contributed by atoms with van der Waals surface area (Å²) >= 11 is 0. The van der Waals surface area contributed by atoms with Crippen molar-refractivity contribution < 1.29 is 19.1 Å². The lowest BCUT2D eigenvalue weighted by Gasteiger charge is -2.25. The number of aromatic amines is 1. The first-order chi connectivity index (χ1) is 12.7. The summed E-state index contributed by atoms with van der Waals surface area (Å²) in [5.74, 6) is 0.717. The molecule has 1 atom stereocenters. The van der Waals surface area contributed by atoms with E-state index in [-0.39, 0.29) is 13.0 Å². The quantitative estimate of drug-likeness (QED) is 0.612. The van der Waals surface area contributed by atoms with Crippen LogP contribution in [0.1, 0.15) is 5.82 Å². The molecule has 3 aromatic rings. The minimum atomic E-state index is -0.837. The SMILES string of the molecule is O=C(Cc1nc2ccccc2[nH]1)NNC(=O)[C@@H]1COc2ccccc2O1. The van der Waals surface area contributed by atoms with Gasteiger partial charge in [-0.2, -0.15) is 0 Å². The van der Waals surface area contributed by atoms with E-state index in [0.29, 0.717) is 17.3 Å². The number of nitrogens with one attached hydrogen (secondary N) is 3. The van der Waals surface area contributed by atoms with Crippen molar-refractivity contribution in [2.45, 2.75) is 12.5 Å². The number of rotatable bonds is 3. The van der Waals surface area contributed by atoms with Crippen molar-refractivity contribution in [3.05, 3.63) is 54.4 Å². The Labute approximate surface area is 148 Å². The minimum absolute atomic E-state index is 0.0137. The number of fused-ring (bicyclic) bond motifs is 2. The largest absolute Gasteiger partial charge is 0.485 e. The van der Waals surface area contributed by atoms with Gasteiger partial charge < -0.3 is 14.5 Å². The van der Waals surface area contributed by atoms with Gasteiger partial charge in [-0.25, -0.2) is 4.98 Å². The summed E-state index contributed by atoms with van der Waals surface area (Å²) in [4.78, 5) is 31.5. The van der Waals surface area contributed by atoms with Crippen LogP contribution in [0.15, 0.2) is 48.5 Å². The van der Waals surface area contributed by atoms with Crippen LogP contribution < -0.4 is 20.3 Å². The molecule has 0 spiro atoms. The maximum absolute atomic E-state index is 12.2. The minimum Gasteiger partial charge on any atom is -0.485 e. The van der Waals surface area contributed by atoms with E-state index in [2.05, 4.69) is 20.8 Å². The summed E-state index contributed by atoms with van der Waals surface area (Å²) in [5.41, 5.74) is 6.35. The normalized spacial score (nSPS) is 15.5. The highest BCUT2D eigenvalue weighted by Gasteiger charge is 2.27. The molecular formula is C18H16N4O4. The molecule has 0 aliphatic carbocycles. The van der Waals surface area contributed by atoms with Gasteiger partial charge in [0.05, 0.1) is 17.5 Å². The molecule has 0 saturated carbocycles. The number of amides is 2. The van der Waals surface area contributed by atoms with Crippen molar-refractivity contribution in [1.82, 2.24) is 20.8 Å². The number of ether oxygens (including phenoxy) is 2. The number of nitrogens with zero attached hydrogens (tertiary/aromatic N) is 1. The van der Waals surface area contributed by atoms with E-state index in [1.165, 1.54) is 0 Å². The number of benzene rings is 2. The number of H-pyrrole nitrogens is 1. The second kappa shape index (κ2) is 6.75. The van der Waals surface area contributed by atoms with E-state index in [0.717, 1.165) is 11.0 Å². The molecule has 1 aliphatic heterocycles. The monoisotopic (exact) mass is 352 g/mol. The second-order valence-electron chi connectivity index (χ2n) is 5.78. The molecule has 0 unspecified atom stereocenters. The highest BCUT2D eigenvalue weighted by Crippen LogP contribution is 2.30. The van der Waals surface area contributed by atoms with Gasteiger partial charge in [-0.15, -0.1) is 0 Å². The van der Waals surface area contributed by atoms with Crippen LogP contribution in [-0.4, -0.2) is 34.5 Å². The van der Waals surface area contributed by atoms with Crippen molar-refractivity contribution in [2.75, 3.05) is 6.61 Å². The fraction of sp³-hybridized carbons (Fsp3) is 0.167. The Morgan fingerprint density at radius 2 is 1.85 bits per heavy atom. The maximum Gasteiger partial charge on any atom is 0.283 e. The van der Waals surface area contributed by atoms with E-state index in [9.17, 15) is 9.59 Å². The van der Waals surface area contributed by atoms with Gasteiger partial charge in [0, 0.05) is 0 Å². The molecule has 1 aromatic heterocycles. The molecule has 3 N–H and O–H groups in total. The highest BCUT2D eigenvalue weighted by molar-refractivity contribution is 5.86. The molecule has 4 rings (SSSR count). The van der Waals surface area contributed by atoms with Crippen molar-refractivity contribution in [3.63, 3.8) is 0 Å². The van der Waals surface area contributed by atoms with Gasteiger partial charge in [0.1, 0.15) is 12.4 Å². The number of carbonyl (C=O) groups is 2. The van der Waals surface area contributed by atoms with E-state index < -0.39 is 17.9 Å². The predicted molar refractivity (Wildman–Crippen MR) is 92.4 cm³/mol. The number of para-hydroxylation sites is 4. The molecule has 0 fully saturated rings. The third kappa shape index (κ3) is 3.30. The fourth-order valence-electron chi connectivity index (χ4n) is 2.65. The Kier molecular flexibility index (Phi) is 4.14. The van der Waals surface area contributed by atoms with Crippen LogP contribution in [0.25, 0.3) is 11.0 Å². The van der Waals surface area contributed by atoms with Gasteiger partial charge in [0.2, 0.25) is 12.0 Å². The molecule has 0 saturated heterocycles. The first-order valence-electron chi connectivity index (χ1n) is 8.10. The summed E-state index contributed by atoms with van der Waals surface area (Å²) in [6, 6.07) is 14.6. The van der Waals surface area contributed by atoms with E-state index >= 15 is 0 Å². The molecule has 8 heteroatoms. The molecule has 2 aromatic carbocycles. The van der Waals surface area contributed by atoms with Crippen molar-refractivity contribution in [2.24, 2.45) is 0 Å². The van der Waals surface area contributed by atoms with Crippen LogP contribution in [0.2, 0.25) is 0 Å². The molecule has 0 radical (unpaired) electrons. The number of imidazole rings is 1. The maximum atomic E-state index is 12.2. The van der Waals surface area contributed by atoms with E-state index in [1.54, 1.807) is 18.2 Å². The van der Waals surface area contributed by atoms with Gasteiger partial charge in [-0.3, -0.25) is 20.4 Å². The number of hydrazine groups is 1. The van der Waals surface area contributed by atoms with Crippen molar-refractivity contribution >= 4 is 22.8 Å². The molecule has 2 heterocycles. The first kappa shape index (κ1) is 15.9. The lowest BCUT2D eigenvalue weighted by atomic mass is 10.2. The van der Waals surface area contributed by atoms with Gasteiger partial charge in [0.15, 0.2) is 11.5 Å². The Morgan fingerprint density at radius 3 is 2.69 bits per heavy atom. The highest BCUT2D eigenvalue weighted by atomic mass is 16.6. The first-order valence-corrected chi connectivity index (χ1v) is 8.10. The van der Waals surface area contributed by atoms with E-state index in [1.807, 2.05) is 30.3 Å². The number of hydrogen-bond acceptors (Lipinski definition) is 5. The lowest BCUT2D eigenvalue weighted by molar-refractivity contribution is -0.134. The molecular weight excluding hydrogens is 336 g/mol. The molecule has 0 bridgehead atoms. The van der Waals surface area contributed by atoms with Crippen LogP contribution in [0, 0.1) is 0 Å². The standard InChI is InChI=1S/C18H16N4O4/c23-17(9-16-19-11-5-1-2-6-12(11)20-16)21-22-18(24)15-10-25-13-7-3-4-8-14(13)26-15/h1-8,15H,9-10H2,(H,19,20)(H,21,23)(H,22,24)/t15-/m0/s1. The molecule has 26 heavy (non-hydrogen) atoms. The Balaban J connectivity index is 1.31. The van der Waals surface area contributed by atoms with Gasteiger partial charge in [-0.05, 0) is 24.3 Å². The smallest absolute Gasteiger partial charge is 0.283 e. The fourth-order valence-corrected chi connectivity index (χ4v) is 2.65. The summed E-state index contributed by atoms with van der Waals surface area (Å²) in [6.45, 7) is 0.0717. The Bertz CT molecular complexity index is 935. The van der Waals surface area contributed by atoms with Crippen molar-refractivity contribution in [1.29, 1.82) is 0 Å². The van der Waals surface area contributed by atoms with Crippen molar-refractivity contribution in [3.8, 4) is 11.5 Å². The van der Waals surface area contributed by atoms with Crippen LogP contribution >= 0.6 is 0 Å². The summed E-state index contributed by atoms with van der Waals surface area (Å²) < 4.78 is 11.1. The zero-order valence-electron chi connectivity index (χ0n) is 13.7. The van der Waals surface area contributed by atoms with Crippen LogP contribution in [0.5, 0.6) is 11.5 Å². The third-order valence-corrected chi connectivity index (χ3v) is 3.89. The average Bonchev–Trinajstić information content (AvgIpc) is 3.08. The average molecular weight is 352 g/mol. The summed E-state index contributed by atoms with van der Waals surface area (Å²) in [6.07, 6.45) is -0.823. The van der Waals surface area contributed by atoms with Gasteiger partial charge >= 0.3 is 0 Å². The Morgan fingerprint density at radius 1 is 1.08 bits per heavy atom. The third-order valence-electron chi connectivity index (χ3n) is 3.89. The van der Waals surface area contributed by atoms with Crippen LogP contribution in [0.3, 0.4) is 0 Å². The topological polar surface area (TPSA) is 105 Å². The zero-order chi connectivity index (χ0) is 17.9. The number of aromatic nitrogens is 2. The van der Waals surface area contributed by atoms with Crippen LogP contribution in [0.4, 0.5) is 0 Å². The summed E-state index contributed by atoms with van der Waals surface area (Å²) in [5, 5.41) is 0. The molecule has 8 nitrogen and oxygen atoms in total. The Hall–Kier alpha value is -3.55. The second-order valence-corrected chi connectivity index (χ2v) is 5.78. The van der Waals surface area contributed by atoms with Gasteiger partial charge in [-0.1, -0.05) is 24.3 Å².